The Hall–Kier alpha value is -3.55. The van der Waals surface area contributed by atoms with Gasteiger partial charge in [0.05, 0.1) is 36.2 Å². The van der Waals surface area contributed by atoms with Crippen molar-refractivity contribution in [2.45, 2.75) is 43.3 Å². The van der Waals surface area contributed by atoms with Crippen LogP contribution < -0.4 is 20.3 Å². The molecule has 3 aromatic rings. The molecule has 2 heterocycles. The Bertz CT molecular complexity index is 1270. The first-order valence-electron chi connectivity index (χ1n) is 11.3. The highest BCUT2D eigenvalue weighted by Crippen LogP contribution is 2.34. The maximum Gasteiger partial charge on any atom is 0.270 e. The van der Waals surface area contributed by atoms with Gasteiger partial charge in [-0.3, -0.25) is 9.59 Å². The number of carbonyl (C=O) groups is 1. The molecule has 0 spiro atoms. The van der Waals surface area contributed by atoms with Crippen molar-refractivity contribution in [2.75, 3.05) is 13.4 Å². The Morgan fingerprint density at radius 1 is 1.03 bits per heavy atom. The molecule has 36 heavy (non-hydrogen) atoms. The summed E-state index contributed by atoms with van der Waals surface area (Å²) < 4.78 is 10.6. The third kappa shape index (κ3) is 5.64. The van der Waals surface area contributed by atoms with E-state index >= 15 is 0 Å². The minimum atomic E-state index is -1.89. The fraction of sp³-hybridized carbons (Fsp3) is 0.375. The van der Waals surface area contributed by atoms with Gasteiger partial charge in [-0.2, -0.15) is 0 Å². The topological polar surface area (TPSA) is 194 Å². The lowest BCUT2D eigenvalue weighted by atomic mass is 9.94. The highest BCUT2D eigenvalue weighted by Gasteiger charge is 2.37. The number of aromatic nitrogens is 2. The van der Waals surface area contributed by atoms with Crippen molar-refractivity contribution in [3.8, 4) is 11.5 Å². The molecular weight excluding hydrogens is 474 g/mol. The van der Waals surface area contributed by atoms with Gasteiger partial charge >= 0.3 is 0 Å². The van der Waals surface area contributed by atoms with E-state index in [1.165, 1.54) is 0 Å². The number of fused-ring (bicyclic) bond motifs is 2. The molecule has 1 aromatic heterocycles. The van der Waals surface area contributed by atoms with E-state index in [4.69, 9.17) is 14.6 Å². The number of benzene rings is 2. The van der Waals surface area contributed by atoms with Crippen LogP contribution in [0.5, 0.6) is 11.5 Å². The van der Waals surface area contributed by atoms with Crippen molar-refractivity contribution < 1.29 is 39.8 Å². The number of ether oxygens (including phenoxy) is 2. The summed E-state index contributed by atoms with van der Waals surface area (Å²) in [5.41, 5.74) is 0.708. The summed E-state index contributed by atoms with van der Waals surface area (Å²) in [5, 5.41) is 53.2. The van der Waals surface area contributed by atoms with Crippen LogP contribution in [0.2, 0.25) is 0 Å². The van der Waals surface area contributed by atoms with E-state index in [0.29, 0.717) is 28.1 Å². The molecule has 0 aliphatic carbocycles. The molecule has 2 aromatic carbocycles. The minimum absolute atomic E-state index is 0.0335. The number of rotatable bonds is 10. The first-order valence-corrected chi connectivity index (χ1v) is 11.3. The Kier molecular flexibility index (Phi) is 7.82. The maximum absolute atomic E-state index is 12.7. The van der Waals surface area contributed by atoms with Crippen LogP contribution in [0.4, 0.5) is 0 Å². The zero-order chi connectivity index (χ0) is 25.8. The van der Waals surface area contributed by atoms with Gasteiger partial charge in [0.15, 0.2) is 11.5 Å². The molecule has 0 saturated heterocycles. The number of amides is 1. The molecule has 1 amide bonds. The molecule has 1 aliphatic rings. The number of aliphatic hydroxyl groups is 5. The van der Waals surface area contributed by atoms with Gasteiger partial charge in [0.1, 0.15) is 24.0 Å². The molecule has 192 valence electrons. The van der Waals surface area contributed by atoms with E-state index in [9.17, 15) is 30.0 Å². The second kappa shape index (κ2) is 11.0. The van der Waals surface area contributed by atoms with E-state index in [-0.39, 0.29) is 18.9 Å². The molecule has 0 bridgehead atoms. The number of hydrogen-bond acceptors (Lipinski definition) is 10. The number of H-pyrrole nitrogens is 1. The van der Waals surface area contributed by atoms with Gasteiger partial charge in [0.2, 0.25) is 12.7 Å². The lowest BCUT2D eigenvalue weighted by Crippen LogP contribution is -2.58. The zero-order valence-electron chi connectivity index (χ0n) is 19.1. The number of nitrogens with one attached hydrogen (secondary N) is 2. The van der Waals surface area contributed by atoms with E-state index in [1.807, 2.05) is 0 Å². The van der Waals surface area contributed by atoms with Gasteiger partial charge in [0.25, 0.3) is 5.56 Å². The fourth-order valence-corrected chi connectivity index (χ4v) is 3.95. The standard InChI is InChI=1S/C24H27N3O9/c28-10-17(30)22(32)23(33)21(27-20(31)6-12-4-2-1-3-5-12)16(29)7-15-24(34)26-14-9-19-18(35-11-36-19)8-13(14)25-15/h1-5,8-9,16-17,21-23,28-30,32-33H,6-7,10-11H2,(H,26,34)(H,27,31)/t16-,17+,21+,22+,23+/m0/s1. The summed E-state index contributed by atoms with van der Waals surface area (Å²) >= 11 is 0. The van der Waals surface area contributed by atoms with Gasteiger partial charge in [-0.25, -0.2) is 4.98 Å². The van der Waals surface area contributed by atoms with Crippen LogP contribution in [0.25, 0.3) is 11.0 Å². The minimum Gasteiger partial charge on any atom is -0.454 e. The third-order valence-corrected chi connectivity index (χ3v) is 5.91. The van der Waals surface area contributed by atoms with Crippen molar-refractivity contribution >= 4 is 16.9 Å². The highest BCUT2D eigenvalue weighted by molar-refractivity contribution is 5.79. The first-order chi connectivity index (χ1) is 17.3. The van der Waals surface area contributed by atoms with Crippen LogP contribution >= 0.6 is 0 Å². The molecule has 0 radical (unpaired) electrons. The molecule has 0 unspecified atom stereocenters. The van der Waals surface area contributed by atoms with Crippen LogP contribution in [-0.4, -0.2) is 85.3 Å². The number of aromatic amines is 1. The van der Waals surface area contributed by atoms with E-state index < -0.39 is 55.0 Å². The quantitative estimate of drug-likeness (QED) is 0.169. The molecule has 1 aliphatic heterocycles. The average Bonchev–Trinajstić information content (AvgIpc) is 3.32. The third-order valence-electron chi connectivity index (χ3n) is 5.91. The molecular formula is C24H27N3O9. The molecule has 4 rings (SSSR count). The van der Waals surface area contributed by atoms with Gasteiger partial charge in [-0.05, 0) is 5.56 Å². The Balaban J connectivity index is 1.57. The predicted octanol–water partition coefficient (Wildman–Crippen LogP) is -1.64. The van der Waals surface area contributed by atoms with Gasteiger partial charge < -0.3 is 45.3 Å². The second-order valence-corrected chi connectivity index (χ2v) is 8.49. The fourth-order valence-electron chi connectivity index (χ4n) is 3.95. The summed E-state index contributed by atoms with van der Waals surface area (Å²) in [5.74, 6) is 0.313. The van der Waals surface area contributed by atoms with E-state index in [1.54, 1.807) is 42.5 Å². The smallest absolute Gasteiger partial charge is 0.270 e. The number of nitrogens with zero attached hydrogens (tertiary/aromatic N) is 1. The SMILES string of the molecule is O=C(Cc1ccccc1)N[C@@H]([C@@H](O)[C@H](O)[C@H](O)CO)[C@@H](O)Cc1nc2cc3c(cc2[nH]c1=O)OCO3. The van der Waals surface area contributed by atoms with Crippen molar-refractivity contribution in [3.05, 3.63) is 64.1 Å². The molecule has 0 fully saturated rings. The lowest BCUT2D eigenvalue weighted by Gasteiger charge is -2.32. The van der Waals surface area contributed by atoms with Gasteiger partial charge in [0, 0.05) is 18.6 Å². The second-order valence-electron chi connectivity index (χ2n) is 8.49. The van der Waals surface area contributed by atoms with Crippen molar-refractivity contribution in [2.24, 2.45) is 0 Å². The molecule has 12 heteroatoms. The maximum atomic E-state index is 12.7. The Labute approximate surface area is 204 Å². The Morgan fingerprint density at radius 3 is 2.42 bits per heavy atom. The van der Waals surface area contributed by atoms with Crippen molar-refractivity contribution in [1.82, 2.24) is 15.3 Å². The highest BCUT2D eigenvalue weighted by atomic mass is 16.7. The van der Waals surface area contributed by atoms with Crippen LogP contribution in [-0.2, 0) is 17.6 Å². The average molecular weight is 501 g/mol. The summed E-state index contributed by atoms with van der Waals surface area (Å²) in [6.07, 6.45) is -7.59. The number of aliphatic hydroxyl groups excluding tert-OH is 5. The number of hydrogen-bond donors (Lipinski definition) is 7. The predicted molar refractivity (Wildman–Crippen MR) is 125 cm³/mol. The van der Waals surface area contributed by atoms with Gasteiger partial charge in [-0.1, -0.05) is 30.3 Å². The van der Waals surface area contributed by atoms with Crippen molar-refractivity contribution in [3.63, 3.8) is 0 Å². The Morgan fingerprint density at radius 2 is 1.72 bits per heavy atom. The molecule has 5 atom stereocenters. The molecule has 0 saturated carbocycles. The van der Waals surface area contributed by atoms with Crippen LogP contribution in [0.15, 0.2) is 47.3 Å². The van der Waals surface area contributed by atoms with Crippen molar-refractivity contribution in [1.29, 1.82) is 0 Å². The summed E-state index contributed by atoms with van der Waals surface area (Å²) in [6, 6.07) is 10.3. The summed E-state index contributed by atoms with van der Waals surface area (Å²) in [4.78, 5) is 32.2. The lowest BCUT2D eigenvalue weighted by molar-refractivity contribution is -0.129. The monoisotopic (exact) mass is 501 g/mol. The zero-order valence-corrected chi connectivity index (χ0v) is 19.1. The van der Waals surface area contributed by atoms with Crippen LogP contribution in [0.3, 0.4) is 0 Å². The van der Waals surface area contributed by atoms with E-state index in [0.717, 1.165) is 0 Å². The molecule has 7 N–H and O–H groups in total. The summed E-state index contributed by atoms with van der Waals surface area (Å²) in [6.45, 7) is -0.827. The summed E-state index contributed by atoms with van der Waals surface area (Å²) in [7, 11) is 0. The van der Waals surface area contributed by atoms with E-state index in [2.05, 4.69) is 15.3 Å². The number of carbonyl (C=O) groups excluding carboxylic acids is 1. The molecule has 12 nitrogen and oxygen atoms in total. The van der Waals surface area contributed by atoms with Gasteiger partial charge in [-0.15, -0.1) is 0 Å². The first kappa shape index (κ1) is 25.5. The van der Waals surface area contributed by atoms with Crippen LogP contribution in [0.1, 0.15) is 11.3 Å². The van der Waals surface area contributed by atoms with Crippen LogP contribution in [0, 0.1) is 0 Å². The largest absolute Gasteiger partial charge is 0.454 e. The normalized spacial score (nSPS) is 16.8.